The quantitative estimate of drug-likeness (QED) is 0.784. The summed E-state index contributed by atoms with van der Waals surface area (Å²) in [4.78, 5) is 0. The van der Waals surface area contributed by atoms with Gasteiger partial charge in [0.2, 0.25) is 0 Å². The number of aliphatic hydroxyl groups excluding tert-OH is 1. The van der Waals surface area contributed by atoms with E-state index in [0.717, 1.165) is 6.07 Å². The molecule has 0 unspecified atom stereocenters. The molecule has 0 radical (unpaired) electrons. The van der Waals surface area contributed by atoms with Crippen LogP contribution in [0.15, 0.2) is 24.3 Å². The van der Waals surface area contributed by atoms with Gasteiger partial charge in [0.05, 0.1) is 11.7 Å². The average Bonchev–Trinajstić information content (AvgIpc) is 2.15. The Morgan fingerprint density at radius 2 is 1.86 bits per heavy atom. The van der Waals surface area contributed by atoms with Crippen molar-refractivity contribution < 1.29 is 18.3 Å². The van der Waals surface area contributed by atoms with E-state index in [0.29, 0.717) is 0 Å². The second-order valence-electron chi connectivity index (χ2n) is 3.01. The van der Waals surface area contributed by atoms with Gasteiger partial charge >= 0.3 is 6.18 Å². The molecule has 14 heavy (non-hydrogen) atoms. The Morgan fingerprint density at radius 3 is 2.36 bits per heavy atom. The van der Waals surface area contributed by atoms with E-state index in [2.05, 4.69) is 0 Å². The molecule has 0 heterocycles. The van der Waals surface area contributed by atoms with Gasteiger partial charge in [-0.1, -0.05) is 25.1 Å². The van der Waals surface area contributed by atoms with Crippen molar-refractivity contribution in [2.24, 2.45) is 0 Å². The van der Waals surface area contributed by atoms with Gasteiger partial charge in [0.15, 0.2) is 0 Å². The second kappa shape index (κ2) is 4.00. The topological polar surface area (TPSA) is 20.2 Å². The molecule has 0 aliphatic carbocycles. The number of hydrogen-bond acceptors (Lipinski definition) is 1. The number of alkyl halides is 3. The molecule has 0 spiro atoms. The first kappa shape index (κ1) is 11.0. The van der Waals surface area contributed by atoms with Crippen LogP contribution in [0, 0.1) is 0 Å². The minimum atomic E-state index is -4.40. The molecule has 1 atom stereocenters. The molecule has 0 aliphatic heterocycles. The lowest BCUT2D eigenvalue weighted by Crippen LogP contribution is -2.11. The van der Waals surface area contributed by atoms with Crippen LogP contribution < -0.4 is 0 Å². The molecule has 1 rings (SSSR count). The number of benzene rings is 1. The van der Waals surface area contributed by atoms with Gasteiger partial charge in [-0.3, -0.25) is 0 Å². The van der Waals surface area contributed by atoms with Gasteiger partial charge in [0.1, 0.15) is 0 Å². The molecule has 1 N–H and O–H groups in total. The van der Waals surface area contributed by atoms with E-state index in [9.17, 15) is 18.3 Å². The highest BCUT2D eigenvalue weighted by Crippen LogP contribution is 2.35. The summed E-state index contributed by atoms with van der Waals surface area (Å²) in [6, 6.07) is 5.09. The lowest BCUT2D eigenvalue weighted by Gasteiger charge is -2.15. The molecule has 0 bridgehead atoms. The van der Waals surface area contributed by atoms with Gasteiger partial charge in [-0.2, -0.15) is 13.2 Å². The van der Waals surface area contributed by atoms with Crippen molar-refractivity contribution in [1.82, 2.24) is 0 Å². The summed E-state index contributed by atoms with van der Waals surface area (Å²) in [5, 5.41) is 9.37. The van der Waals surface area contributed by atoms with Crippen LogP contribution in [0.3, 0.4) is 0 Å². The Bertz CT molecular complexity index is 306. The highest BCUT2D eigenvalue weighted by atomic mass is 19.4. The SMILES string of the molecule is CC[C@@H](O)c1ccccc1C(F)(F)F. The first-order valence-corrected chi connectivity index (χ1v) is 4.31. The molecule has 0 aromatic heterocycles. The molecule has 78 valence electrons. The van der Waals surface area contributed by atoms with Crippen molar-refractivity contribution in [2.45, 2.75) is 25.6 Å². The van der Waals surface area contributed by atoms with Crippen LogP contribution in [0.4, 0.5) is 13.2 Å². The number of aliphatic hydroxyl groups is 1. The summed E-state index contributed by atoms with van der Waals surface area (Å²) in [5.74, 6) is 0. The summed E-state index contributed by atoms with van der Waals surface area (Å²) in [5.41, 5.74) is -0.808. The molecular formula is C10H11F3O. The third kappa shape index (κ3) is 2.26. The van der Waals surface area contributed by atoms with Gasteiger partial charge < -0.3 is 5.11 Å². The monoisotopic (exact) mass is 204 g/mol. The maximum Gasteiger partial charge on any atom is 0.416 e. The Hall–Kier alpha value is -1.03. The zero-order valence-electron chi connectivity index (χ0n) is 7.67. The Labute approximate surface area is 80.2 Å². The van der Waals surface area contributed by atoms with Crippen molar-refractivity contribution in [3.05, 3.63) is 35.4 Å². The molecule has 1 aromatic rings. The van der Waals surface area contributed by atoms with Crippen molar-refractivity contribution in [1.29, 1.82) is 0 Å². The fraction of sp³-hybridized carbons (Fsp3) is 0.400. The van der Waals surface area contributed by atoms with E-state index in [1.54, 1.807) is 6.92 Å². The van der Waals surface area contributed by atoms with E-state index in [1.165, 1.54) is 18.2 Å². The molecule has 0 amide bonds. The average molecular weight is 204 g/mol. The summed E-state index contributed by atoms with van der Waals surface area (Å²) in [6.07, 6.45) is -5.17. The molecular weight excluding hydrogens is 193 g/mol. The van der Waals surface area contributed by atoms with Crippen LogP contribution in [0.5, 0.6) is 0 Å². The van der Waals surface area contributed by atoms with E-state index >= 15 is 0 Å². The van der Waals surface area contributed by atoms with Crippen molar-refractivity contribution in [2.75, 3.05) is 0 Å². The fourth-order valence-electron chi connectivity index (χ4n) is 1.27. The minimum absolute atomic E-state index is 0.0532. The van der Waals surface area contributed by atoms with E-state index in [1.807, 2.05) is 0 Å². The van der Waals surface area contributed by atoms with Crippen LogP contribution >= 0.6 is 0 Å². The van der Waals surface area contributed by atoms with Crippen LogP contribution in [-0.4, -0.2) is 5.11 Å². The molecule has 1 nitrogen and oxygen atoms in total. The van der Waals surface area contributed by atoms with Gasteiger partial charge in [-0.25, -0.2) is 0 Å². The predicted molar refractivity (Wildman–Crippen MR) is 46.7 cm³/mol. The summed E-state index contributed by atoms with van der Waals surface area (Å²) >= 11 is 0. The molecule has 0 fully saturated rings. The molecule has 4 heteroatoms. The standard InChI is InChI=1S/C10H11F3O/c1-2-9(14)7-5-3-4-6-8(7)10(11,12)13/h3-6,9,14H,2H2,1H3/t9-/m1/s1. The smallest absolute Gasteiger partial charge is 0.388 e. The van der Waals surface area contributed by atoms with Crippen molar-refractivity contribution >= 4 is 0 Å². The van der Waals surface area contributed by atoms with Crippen LogP contribution in [0.2, 0.25) is 0 Å². The van der Waals surface area contributed by atoms with Gasteiger partial charge in [0, 0.05) is 0 Å². The Kier molecular flexibility index (Phi) is 3.16. The third-order valence-corrected chi connectivity index (χ3v) is 2.01. The molecule has 0 aliphatic rings. The molecule has 1 aromatic carbocycles. The van der Waals surface area contributed by atoms with Gasteiger partial charge in [-0.15, -0.1) is 0 Å². The van der Waals surface area contributed by atoms with Crippen LogP contribution in [-0.2, 0) is 6.18 Å². The first-order valence-electron chi connectivity index (χ1n) is 4.31. The largest absolute Gasteiger partial charge is 0.416 e. The maximum absolute atomic E-state index is 12.4. The molecule has 0 saturated carbocycles. The van der Waals surface area contributed by atoms with Gasteiger partial charge in [0.25, 0.3) is 0 Å². The normalized spacial score (nSPS) is 14.1. The third-order valence-electron chi connectivity index (χ3n) is 2.01. The number of halogens is 3. The highest BCUT2D eigenvalue weighted by molar-refractivity contribution is 5.31. The summed E-state index contributed by atoms with van der Waals surface area (Å²) in [7, 11) is 0. The lowest BCUT2D eigenvalue weighted by molar-refractivity contribution is -0.139. The summed E-state index contributed by atoms with van der Waals surface area (Å²) in [6.45, 7) is 1.64. The van der Waals surface area contributed by atoms with Crippen molar-refractivity contribution in [3.63, 3.8) is 0 Å². The van der Waals surface area contributed by atoms with Gasteiger partial charge in [-0.05, 0) is 18.1 Å². The summed E-state index contributed by atoms with van der Waals surface area (Å²) < 4.78 is 37.3. The second-order valence-corrected chi connectivity index (χ2v) is 3.01. The van der Waals surface area contributed by atoms with E-state index in [-0.39, 0.29) is 12.0 Å². The molecule has 0 saturated heterocycles. The first-order chi connectivity index (χ1) is 6.46. The zero-order chi connectivity index (χ0) is 10.8. The van der Waals surface area contributed by atoms with Crippen LogP contribution in [0.25, 0.3) is 0 Å². The van der Waals surface area contributed by atoms with Crippen molar-refractivity contribution in [3.8, 4) is 0 Å². The predicted octanol–water partition coefficient (Wildman–Crippen LogP) is 3.15. The van der Waals surface area contributed by atoms with E-state index in [4.69, 9.17) is 0 Å². The maximum atomic E-state index is 12.4. The zero-order valence-corrected chi connectivity index (χ0v) is 7.67. The minimum Gasteiger partial charge on any atom is -0.388 e. The Morgan fingerprint density at radius 1 is 1.29 bits per heavy atom. The van der Waals surface area contributed by atoms with Crippen LogP contribution in [0.1, 0.15) is 30.6 Å². The van der Waals surface area contributed by atoms with E-state index < -0.39 is 17.8 Å². The Balaban J connectivity index is 3.16. The fourth-order valence-corrected chi connectivity index (χ4v) is 1.27. The lowest BCUT2D eigenvalue weighted by atomic mass is 10.0. The number of rotatable bonds is 2. The number of hydrogen-bond donors (Lipinski definition) is 1. The highest BCUT2D eigenvalue weighted by Gasteiger charge is 2.34.